The van der Waals surface area contributed by atoms with Crippen molar-refractivity contribution < 1.29 is 9.53 Å². The lowest BCUT2D eigenvalue weighted by molar-refractivity contribution is 0.00566. The van der Waals surface area contributed by atoms with Crippen LogP contribution in [0.1, 0.15) is 41.5 Å². The van der Waals surface area contributed by atoms with Crippen molar-refractivity contribution >= 4 is 6.09 Å². The minimum atomic E-state index is -0.440. The Hall–Kier alpha value is -0.810. The first-order chi connectivity index (χ1) is 8.70. The van der Waals surface area contributed by atoms with E-state index >= 15 is 0 Å². The molecule has 5 nitrogen and oxygen atoms in total. The molecule has 19 heavy (non-hydrogen) atoms. The summed E-state index contributed by atoms with van der Waals surface area (Å²) >= 11 is 0. The molecule has 2 atom stereocenters. The molecule has 1 aliphatic heterocycles. The molecule has 1 aliphatic rings. The number of rotatable bonds is 1. The van der Waals surface area contributed by atoms with Gasteiger partial charge in [0, 0.05) is 31.7 Å². The van der Waals surface area contributed by atoms with Crippen molar-refractivity contribution in [2.75, 3.05) is 26.7 Å². The molecular formula is C14H31N3O2. The Balaban J connectivity index is 0.00000154. The third-order valence-electron chi connectivity index (χ3n) is 2.95. The zero-order chi connectivity index (χ0) is 15.2. The fraction of sp³-hybridized carbons (Fsp3) is 0.929. The van der Waals surface area contributed by atoms with Crippen LogP contribution in [0.2, 0.25) is 0 Å². The third-order valence-corrected chi connectivity index (χ3v) is 2.95. The Kier molecular flexibility index (Phi) is 7.37. The predicted octanol–water partition coefficient (Wildman–Crippen LogP) is 1.91. The highest BCUT2D eigenvalue weighted by Crippen LogP contribution is 2.15. The molecule has 0 radical (unpaired) electrons. The zero-order valence-electron chi connectivity index (χ0n) is 13.6. The van der Waals surface area contributed by atoms with Gasteiger partial charge >= 0.3 is 6.09 Å². The van der Waals surface area contributed by atoms with E-state index in [0.29, 0.717) is 13.1 Å². The molecule has 0 spiro atoms. The number of piperazine rings is 1. The Bertz CT molecular complexity index is 274. The first-order valence-electron chi connectivity index (χ1n) is 7.14. The summed E-state index contributed by atoms with van der Waals surface area (Å²) in [6.45, 7) is 13.8. The van der Waals surface area contributed by atoms with Crippen molar-refractivity contribution in [1.29, 1.82) is 0 Å². The molecule has 5 heteroatoms. The maximum absolute atomic E-state index is 11.9. The zero-order valence-corrected chi connectivity index (χ0v) is 13.6. The summed E-state index contributed by atoms with van der Waals surface area (Å²) in [5.41, 5.74) is 5.49. The number of nitrogens with two attached hydrogens (primary N) is 1. The van der Waals surface area contributed by atoms with E-state index in [-0.39, 0.29) is 18.2 Å². The predicted molar refractivity (Wildman–Crippen MR) is 79.2 cm³/mol. The van der Waals surface area contributed by atoms with Gasteiger partial charge in [-0.3, -0.25) is 4.90 Å². The Labute approximate surface area is 118 Å². The van der Waals surface area contributed by atoms with Gasteiger partial charge in [0.15, 0.2) is 0 Å². The lowest BCUT2D eigenvalue weighted by atomic mass is 10.1. The molecule has 1 rings (SSSR count). The highest BCUT2D eigenvalue weighted by molar-refractivity contribution is 5.68. The molecule has 0 bridgehead atoms. The fourth-order valence-corrected chi connectivity index (χ4v) is 1.96. The van der Waals surface area contributed by atoms with E-state index < -0.39 is 5.60 Å². The Morgan fingerprint density at radius 1 is 1.32 bits per heavy atom. The second-order valence-corrected chi connectivity index (χ2v) is 5.83. The summed E-state index contributed by atoms with van der Waals surface area (Å²) in [6, 6.07) is 0.251. The van der Waals surface area contributed by atoms with Gasteiger partial charge in [-0.25, -0.2) is 4.79 Å². The Morgan fingerprint density at radius 2 is 1.84 bits per heavy atom. The van der Waals surface area contributed by atoms with Crippen LogP contribution in [0, 0.1) is 0 Å². The maximum atomic E-state index is 11.9. The summed E-state index contributed by atoms with van der Waals surface area (Å²) in [4.78, 5) is 15.9. The van der Waals surface area contributed by atoms with Crippen LogP contribution in [-0.2, 0) is 4.74 Å². The van der Waals surface area contributed by atoms with Crippen molar-refractivity contribution in [3.8, 4) is 0 Å². The summed E-state index contributed by atoms with van der Waals surface area (Å²) in [6.07, 6.45) is -0.240. The van der Waals surface area contributed by atoms with E-state index in [2.05, 4.69) is 4.90 Å². The standard InChI is InChI=1S/C12H25N3O2.C2H6/c1-9(13)10-8-15(7-6-14(10)5)11(16)17-12(2,3)4;1-2/h9-10H,6-8,13H2,1-5H3;1-2H3. The number of ether oxygens (including phenoxy) is 1. The van der Waals surface area contributed by atoms with Gasteiger partial charge in [0.25, 0.3) is 0 Å². The first kappa shape index (κ1) is 18.2. The normalized spacial score (nSPS) is 22.3. The average molecular weight is 273 g/mol. The largest absolute Gasteiger partial charge is 0.444 e. The molecule has 1 fully saturated rings. The smallest absolute Gasteiger partial charge is 0.410 e. The van der Waals surface area contributed by atoms with Gasteiger partial charge in [-0.05, 0) is 34.7 Å². The molecule has 114 valence electrons. The summed E-state index contributed by atoms with van der Waals surface area (Å²) in [7, 11) is 2.04. The average Bonchev–Trinajstić information content (AvgIpc) is 2.29. The van der Waals surface area contributed by atoms with E-state index in [1.165, 1.54) is 0 Å². The van der Waals surface area contributed by atoms with Gasteiger partial charge in [-0.15, -0.1) is 0 Å². The van der Waals surface area contributed by atoms with Crippen molar-refractivity contribution in [3.05, 3.63) is 0 Å². The molecular weight excluding hydrogens is 242 g/mol. The van der Waals surface area contributed by atoms with Crippen LogP contribution in [-0.4, -0.2) is 60.3 Å². The van der Waals surface area contributed by atoms with E-state index in [9.17, 15) is 4.79 Å². The SMILES string of the molecule is CC.CC(N)C1CN(C(=O)OC(C)(C)C)CCN1C. The molecule has 2 unspecified atom stereocenters. The number of hydrogen-bond acceptors (Lipinski definition) is 4. The molecule has 0 aromatic rings. The molecule has 0 aromatic carbocycles. The lowest BCUT2D eigenvalue weighted by Gasteiger charge is -2.41. The Morgan fingerprint density at radius 3 is 2.26 bits per heavy atom. The quantitative estimate of drug-likeness (QED) is 0.793. The number of carbonyl (C=O) groups is 1. The van der Waals surface area contributed by atoms with Crippen molar-refractivity contribution in [3.63, 3.8) is 0 Å². The van der Waals surface area contributed by atoms with Crippen LogP contribution in [0.4, 0.5) is 4.79 Å². The van der Waals surface area contributed by atoms with Gasteiger partial charge in [-0.1, -0.05) is 13.8 Å². The second kappa shape index (κ2) is 7.70. The van der Waals surface area contributed by atoms with E-state index in [1.54, 1.807) is 4.90 Å². The van der Waals surface area contributed by atoms with Crippen molar-refractivity contribution in [2.24, 2.45) is 5.73 Å². The molecule has 1 saturated heterocycles. The number of hydrogen-bond donors (Lipinski definition) is 1. The third kappa shape index (κ3) is 6.25. The summed E-state index contributed by atoms with van der Waals surface area (Å²) < 4.78 is 5.37. The summed E-state index contributed by atoms with van der Waals surface area (Å²) in [5.74, 6) is 0. The van der Waals surface area contributed by atoms with Crippen LogP contribution in [0.5, 0.6) is 0 Å². The second-order valence-electron chi connectivity index (χ2n) is 5.83. The molecule has 0 aliphatic carbocycles. The minimum absolute atomic E-state index is 0.0465. The van der Waals surface area contributed by atoms with Crippen molar-refractivity contribution in [1.82, 2.24) is 9.80 Å². The number of carbonyl (C=O) groups excluding carboxylic acids is 1. The number of nitrogens with zero attached hydrogens (tertiary/aromatic N) is 2. The fourth-order valence-electron chi connectivity index (χ4n) is 1.96. The van der Waals surface area contributed by atoms with E-state index in [1.807, 2.05) is 48.6 Å². The van der Waals surface area contributed by atoms with Crippen LogP contribution < -0.4 is 5.73 Å². The highest BCUT2D eigenvalue weighted by atomic mass is 16.6. The molecule has 0 aromatic heterocycles. The number of amides is 1. The minimum Gasteiger partial charge on any atom is -0.444 e. The van der Waals surface area contributed by atoms with Crippen LogP contribution >= 0.6 is 0 Å². The first-order valence-corrected chi connectivity index (χ1v) is 7.14. The summed E-state index contributed by atoms with van der Waals surface area (Å²) in [5, 5.41) is 0. The van der Waals surface area contributed by atoms with Crippen LogP contribution in [0.25, 0.3) is 0 Å². The molecule has 1 amide bonds. The van der Waals surface area contributed by atoms with Crippen LogP contribution in [0.15, 0.2) is 0 Å². The molecule has 1 heterocycles. The lowest BCUT2D eigenvalue weighted by Crippen LogP contribution is -2.59. The van der Waals surface area contributed by atoms with Crippen molar-refractivity contribution in [2.45, 2.75) is 59.2 Å². The molecule has 0 saturated carbocycles. The van der Waals surface area contributed by atoms with E-state index in [0.717, 1.165) is 6.54 Å². The van der Waals surface area contributed by atoms with E-state index in [4.69, 9.17) is 10.5 Å². The number of likely N-dealkylation sites (N-methyl/N-ethyl adjacent to an activating group) is 1. The van der Waals surface area contributed by atoms with Gasteiger partial charge in [0.2, 0.25) is 0 Å². The van der Waals surface area contributed by atoms with Gasteiger partial charge in [-0.2, -0.15) is 0 Å². The topological polar surface area (TPSA) is 58.8 Å². The monoisotopic (exact) mass is 273 g/mol. The van der Waals surface area contributed by atoms with Crippen LogP contribution in [0.3, 0.4) is 0 Å². The maximum Gasteiger partial charge on any atom is 0.410 e. The molecule has 2 N–H and O–H groups in total. The highest BCUT2D eigenvalue weighted by Gasteiger charge is 2.31. The van der Waals surface area contributed by atoms with Gasteiger partial charge in [0.05, 0.1) is 0 Å². The van der Waals surface area contributed by atoms with Gasteiger partial charge in [0.1, 0.15) is 5.60 Å². The van der Waals surface area contributed by atoms with Gasteiger partial charge < -0.3 is 15.4 Å².